The maximum absolute atomic E-state index is 5.34. The molecule has 5 heteroatoms. The van der Waals surface area contributed by atoms with Crippen LogP contribution < -0.4 is 10.1 Å². The van der Waals surface area contributed by atoms with E-state index in [0.717, 1.165) is 22.1 Å². The number of aromatic nitrogens is 1. The van der Waals surface area contributed by atoms with Crippen LogP contribution in [0.15, 0.2) is 47.2 Å². The first-order valence-electron chi connectivity index (χ1n) is 6.22. The number of ether oxygens (including phenoxy) is 1. The molecule has 102 valence electrons. The first-order chi connectivity index (χ1) is 9.86. The molecule has 0 saturated heterocycles. The molecule has 0 aliphatic heterocycles. The third-order valence-corrected chi connectivity index (χ3v) is 4.59. The van der Waals surface area contributed by atoms with Crippen molar-refractivity contribution in [3.8, 4) is 16.3 Å². The molecule has 0 unspecified atom stereocenters. The van der Waals surface area contributed by atoms with E-state index >= 15 is 0 Å². The summed E-state index contributed by atoms with van der Waals surface area (Å²) >= 11 is 3.33. The van der Waals surface area contributed by atoms with Gasteiger partial charge in [0.1, 0.15) is 5.75 Å². The van der Waals surface area contributed by atoms with Crippen LogP contribution in [0.5, 0.6) is 5.75 Å². The summed E-state index contributed by atoms with van der Waals surface area (Å²) in [6.07, 6.45) is 0. The maximum atomic E-state index is 5.34. The number of hydrogen-bond acceptors (Lipinski definition) is 5. The normalized spacial score (nSPS) is 10.4. The largest absolute Gasteiger partial charge is 0.496 e. The number of nitrogens with one attached hydrogen (secondary N) is 1. The highest BCUT2D eigenvalue weighted by atomic mass is 32.1. The Hall–Kier alpha value is -1.85. The zero-order chi connectivity index (χ0) is 13.8. The molecule has 0 fully saturated rings. The molecule has 3 nitrogen and oxygen atoms in total. The van der Waals surface area contributed by atoms with E-state index in [2.05, 4.69) is 33.2 Å². The van der Waals surface area contributed by atoms with E-state index in [4.69, 9.17) is 4.74 Å². The Labute approximate surface area is 125 Å². The second-order valence-corrected chi connectivity index (χ2v) is 5.99. The van der Waals surface area contributed by atoms with E-state index in [1.165, 1.54) is 4.88 Å². The zero-order valence-electron chi connectivity index (χ0n) is 11.0. The fraction of sp³-hybridized carbons (Fsp3) is 0.133. The average molecular weight is 302 g/mol. The van der Waals surface area contributed by atoms with Gasteiger partial charge in [0.25, 0.3) is 0 Å². The average Bonchev–Trinajstić information content (AvgIpc) is 3.16. The lowest BCUT2D eigenvalue weighted by Crippen LogP contribution is -2.01. The number of rotatable bonds is 5. The van der Waals surface area contributed by atoms with Crippen molar-refractivity contribution in [2.75, 3.05) is 12.4 Å². The van der Waals surface area contributed by atoms with Crippen molar-refractivity contribution in [3.05, 3.63) is 52.7 Å². The number of thiophene rings is 1. The predicted octanol–water partition coefficient (Wildman–Crippen LogP) is 4.49. The van der Waals surface area contributed by atoms with E-state index in [1.807, 2.05) is 24.3 Å². The lowest BCUT2D eigenvalue weighted by atomic mass is 10.2. The minimum atomic E-state index is 0.710. The molecule has 0 amide bonds. The van der Waals surface area contributed by atoms with Crippen molar-refractivity contribution >= 4 is 27.8 Å². The number of thiazole rings is 1. The van der Waals surface area contributed by atoms with Crippen LogP contribution in [0.25, 0.3) is 10.6 Å². The number of anilines is 1. The van der Waals surface area contributed by atoms with Crippen LogP contribution in [0.4, 0.5) is 5.13 Å². The summed E-state index contributed by atoms with van der Waals surface area (Å²) in [4.78, 5) is 5.80. The van der Waals surface area contributed by atoms with Crippen molar-refractivity contribution in [3.63, 3.8) is 0 Å². The number of hydrogen-bond donors (Lipinski definition) is 1. The van der Waals surface area contributed by atoms with Crippen molar-refractivity contribution in [2.24, 2.45) is 0 Å². The molecule has 3 rings (SSSR count). The number of methoxy groups -OCH3 is 1. The fourth-order valence-corrected chi connectivity index (χ4v) is 3.38. The zero-order valence-corrected chi connectivity index (χ0v) is 12.6. The first kappa shape index (κ1) is 13.1. The van der Waals surface area contributed by atoms with E-state index in [0.29, 0.717) is 6.54 Å². The summed E-state index contributed by atoms with van der Waals surface area (Å²) in [6.45, 7) is 0.710. The van der Waals surface area contributed by atoms with E-state index in [9.17, 15) is 0 Å². The van der Waals surface area contributed by atoms with Gasteiger partial charge < -0.3 is 10.1 Å². The molecule has 2 heterocycles. The Morgan fingerprint density at radius 1 is 1.15 bits per heavy atom. The van der Waals surface area contributed by atoms with Crippen LogP contribution in [0.1, 0.15) is 5.56 Å². The molecular formula is C15H14N2OS2. The standard InChI is InChI=1S/C15H14N2OS2/c1-18-13-6-3-2-5-11(13)9-16-15-17-12(10-20-15)14-7-4-8-19-14/h2-8,10H,9H2,1H3,(H,16,17). The van der Waals surface area contributed by atoms with Gasteiger partial charge in [-0.05, 0) is 17.5 Å². The summed E-state index contributed by atoms with van der Waals surface area (Å²) in [5, 5.41) is 8.43. The Balaban J connectivity index is 1.70. The monoisotopic (exact) mass is 302 g/mol. The van der Waals surface area contributed by atoms with Crippen LogP contribution in [0, 0.1) is 0 Å². The second kappa shape index (κ2) is 6.07. The van der Waals surface area contributed by atoms with Gasteiger partial charge in [-0.25, -0.2) is 4.98 Å². The van der Waals surface area contributed by atoms with Crippen LogP contribution in [-0.4, -0.2) is 12.1 Å². The molecule has 0 aliphatic rings. The highest BCUT2D eigenvalue weighted by Gasteiger charge is 2.06. The third kappa shape index (κ3) is 2.84. The minimum absolute atomic E-state index is 0.710. The summed E-state index contributed by atoms with van der Waals surface area (Å²) < 4.78 is 5.34. The van der Waals surface area contributed by atoms with Gasteiger partial charge in [-0.1, -0.05) is 24.3 Å². The van der Waals surface area contributed by atoms with Gasteiger partial charge in [0.05, 0.1) is 17.7 Å². The van der Waals surface area contributed by atoms with Gasteiger partial charge in [0.2, 0.25) is 0 Å². The van der Waals surface area contributed by atoms with E-state index < -0.39 is 0 Å². The van der Waals surface area contributed by atoms with Crippen LogP contribution in [0.2, 0.25) is 0 Å². The minimum Gasteiger partial charge on any atom is -0.496 e. The van der Waals surface area contributed by atoms with E-state index in [1.54, 1.807) is 29.8 Å². The lowest BCUT2D eigenvalue weighted by Gasteiger charge is -2.08. The molecule has 2 aromatic heterocycles. The number of para-hydroxylation sites is 1. The molecule has 1 aromatic carbocycles. The molecule has 0 saturated carbocycles. The maximum Gasteiger partial charge on any atom is 0.183 e. The summed E-state index contributed by atoms with van der Waals surface area (Å²) in [5.74, 6) is 0.898. The van der Waals surface area contributed by atoms with Crippen LogP contribution in [0.3, 0.4) is 0 Å². The molecule has 3 aromatic rings. The lowest BCUT2D eigenvalue weighted by molar-refractivity contribution is 0.410. The Bertz CT molecular complexity index is 677. The molecule has 1 N–H and O–H groups in total. The van der Waals surface area contributed by atoms with E-state index in [-0.39, 0.29) is 0 Å². The predicted molar refractivity (Wildman–Crippen MR) is 85.7 cm³/mol. The smallest absolute Gasteiger partial charge is 0.183 e. The van der Waals surface area contributed by atoms with Gasteiger partial charge in [-0.2, -0.15) is 0 Å². The van der Waals surface area contributed by atoms with Crippen molar-refractivity contribution in [1.29, 1.82) is 0 Å². The molecule has 0 aliphatic carbocycles. The molecule has 0 atom stereocenters. The van der Waals surface area contributed by atoms with Gasteiger partial charge in [-0.15, -0.1) is 22.7 Å². The van der Waals surface area contributed by atoms with Gasteiger partial charge in [-0.3, -0.25) is 0 Å². The van der Waals surface area contributed by atoms with Gasteiger partial charge in [0.15, 0.2) is 5.13 Å². The topological polar surface area (TPSA) is 34.1 Å². The second-order valence-electron chi connectivity index (χ2n) is 4.18. The van der Waals surface area contributed by atoms with Crippen molar-refractivity contribution < 1.29 is 4.74 Å². The molecule has 0 bridgehead atoms. The summed E-state index contributed by atoms with van der Waals surface area (Å²) in [7, 11) is 1.69. The molecule has 0 spiro atoms. The molecular weight excluding hydrogens is 288 g/mol. The number of benzene rings is 1. The highest BCUT2D eigenvalue weighted by Crippen LogP contribution is 2.28. The first-order valence-corrected chi connectivity index (χ1v) is 7.98. The third-order valence-electron chi connectivity index (χ3n) is 2.90. The van der Waals surface area contributed by atoms with Crippen molar-refractivity contribution in [1.82, 2.24) is 4.98 Å². The summed E-state index contributed by atoms with van der Waals surface area (Å²) in [5.41, 5.74) is 2.16. The fourth-order valence-electron chi connectivity index (χ4n) is 1.91. The quantitative estimate of drug-likeness (QED) is 0.754. The Kier molecular flexibility index (Phi) is 3.99. The SMILES string of the molecule is COc1ccccc1CNc1nc(-c2cccs2)cs1. The molecule has 0 radical (unpaired) electrons. The van der Waals surface area contributed by atoms with Crippen LogP contribution in [-0.2, 0) is 6.54 Å². The Morgan fingerprint density at radius 2 is 2.05 bits per heavy atom. The Morgan fingerprint density at radius 3 is 2.85 bits per heavy atom. The summed E-state index contributed by atoms with van der Waals surface area (Å²) in [6, 6.07) is 12.1. The van der Waals surface area contributed by atoms with Crippen molar-refractivity contribution in [2.45, 2.75) is 6.54 Å². The van der Waals surface area contributed by atoms with Crippen LogP contribution >= 0.6 is 22.7 Å². The van der Waals surface area contributed by atoms with Gasteiger partial charge in [0, 0.05) is 17.5 Å². The highest BCUT2D eigenvalue weighted by molar-refractivity contribution is 7.15. The number of nitrogens with zero attached hydrogens (tertiary/aromatic N) is 1. The van der Waals surface area contributed by atoms with Gasteiger partial charge >= 0.3 is 0 Å². The molecule has 20 heavy (non-hydrogen) atoms.